The summed E-state index contributed by atoms with van der Waals surface area (Å²) in [6.45, 7) is -0.921. The van der Waals surface area contributed by atoms with Crippen LogP contribution in [-0.2, 0) is 25.0 Å². The predicted octanol–water partition coefficient (Wildman–Crippen LogP) is 0.919. The number of benzene rings is 1. The van der Waals surface area contributed by atoms with Crippen LogP contribution in [0.3, 0.4) is 0 Å². The van der Waals surface area contributed by atoms with Crippen molar-refractivity contribution in [2.75, 3.05) is 19.5 Å². The van der Waals surface area contributed by atoms with Gasteiger partial charge in [-0.3, -0.25) is 18.7 Å². The fraction of sp³-hybridized carbons (Fsp3) is 0.250. The maximum absolute atomic E-state index is 13.0. The lowest BCUT2D eigenvalue weighted by molar-refractivity contribution is -0.137. The van der Waals surface area contributed by atoms with Gasteiger partial charge >= 0.3 is 17.8 Å². The molecule has 0 unspecified atom stereocenters. The summed E-state index contributed by atoms with van der Waals surface area (Å²) in [6.07, 6.45) is -3.43. The molecule has 0 fully saturated rings. The molecule has 0 saturated heterocycles. The topological polar surface area (TPSA) is 140 Å². The third-order valence-corrected chi connectivity index (χ3v) is 4.86. The van der Waals surface area contributed by atoms with Crippen molar-refractivity contribution >= 4 is 17.6 Å². The average Bonchev–Trinajstić information content (AvgIpc) is 3.24. The van der Waals surface area contributed by atoms with Crippen LogP contribution in [0.5, 0.6) is 5.75 Å². The second kappa shape index (κ2) is 8.88. The van der Waals surface area contributed by atoms with E-state index >= 15 is 0 Å². The Kier molecular flexibility index (Phi) is 6.34. The highest BCUT2D eigenvalue weighted by molar-refractivity contribution is 6.02. The van der Waals surface area contributed by atoms with Crippen molar-refractivity contribution in [2.24, 2.45) is 14.1 Å². The highest BCUT2D eigenvalue weighted by atomic mass is 19.4. The summed E-state index contributed by atoms with van der Waals surface area (Å²) in [5, 5.41) is 3.90. The molecule has 11 nitrogen and oxygen atoms in total. The SMILES string of the molecule is COc1cn(-c2cccc(C(F)(F)F)c2)nc1C(=O)OCC(=O)c1c(N)n(C)c(=O)n(C)c1=O. The molecule has 3 aromatic rings. The number of hydrogen-bond acceptors (Lipinski definition) is 8. The molecule has 0 amide bonds. The molecule has 0 spiro atoms. The number of nitrogen functional groups attached to an aromatic ring is 1. The van der Waals surface area contributed by atoms with Crippen LogP contribution in [0.15, 0.2) is 40.1 Å². The van der Waals surface area contributed by atoms with Gasteiger partial charge < -0.3 is 15.2 Å². The number of hydrogen-bond donors (Lipinski definition) is 1. The van der Waals surface area contributed by atoms with Crippen LogP contribution in [0.25, 0.3) is 5.69 Å². The summed E-state index contributed by atoms with van der Waals surface area (Å²) in [7, 11) is 3.60. The molecule has 0 aliphatic heterocycles. The molecule has 0 bridgehead atoms. The van der Waals surface area contributed by atoms with E-state index in [-0.39, 0.29) is 11.4 Å². The maximum atomic E-state index is 13.0. The summed E-state index contributed by atoms with van der Waals surface area (Å²) < 4.78 is 51.5. The van der Waals surface area contributed by atoms with Crippen LogP contribution in [0.4, 0.5) is 19.0 Å². The number of methoxy groups -OCH3 is 1. The second-order valence-corrected chi connectivity index (χ2v) is 7.00. The minimum Gasteiger partial charge on any atom is -0.493 e. The summed E-state index contributed by atoms with van der Waals surface area (Å²) in [4.78, 5) is 49.1. The zero-order valence-electron chi connectivity index (χ0n) is 18.0. The number of rotatable bonds is 6. The van der Waals surface area contributed by atoms with Crippen molar-refractivity contribution in [2.45, 2.75) is 6.18 Å². The Labute approximate surface area is 188 Å². The number of alkyl halides is 3. The molecule has 0 aliphatic carbocycles. The van der Waals surface area contributed by atoms with Crippen LogP contribution in [0.2, 0.25) is 0 Å². The van der Waals surface area contributed by atoms with Crippen molar-refractivity contribution in [3.8, 4) is 11.4 Å². The number of ketones is 1. The Morgan fingerprint density at radius 3 is 2.44 bits per heavy atom. The molecule has 3 rings (SSSR count). The standard InChI is InChI=1S/C20H18F3N5O6/c1-26-16(24)14(17(30)27(2)19(26)32)12(29)9-34-18(31)15-13(33-3)8-28(25-15)11-6-4-5-10(7-11)20(21,22)23/h4-8H,9,24H2,1-3H3. The first-order valence-corrected chi connectivity index (χ1v) is 9.44. The number of nitrogens with zero attached hydrogens (tertiary/aromatic N) is 4. The molecule has 2 N–H and O–H groups in total. The molecular weight excluding hydrogens is 463 g/mol. The summed E-state index contributed by atoms with van der Waals surface area (Å²) in [5.74, 6) is -2.65. The zero-order chi connectivity index (χ0) is 25.4. The molecule has 0 atom stereocenters. The van der Waals surface area contributed by atoms with Crippen molar-refractivity contribution in [3.63, 3.8) is 0 Å². The number of anilines is 1. The number of ether oxygens (including phenoxy) is 2. The van der Waals surface area contributed by atoms with Gasteiger partial charge in [0.25, 0.3) is 5.56 Å². The lowest BCUT2D eigenvalue weighted by atomic mass is 10.2. The molecule has 0 aliphatic rings. The third kappa shape index (κ3) is 4.42. The van der Waals surface area contributed by atoms with E-state index in [1.165, 1.54) is 26.3 Å². The van der Waals surface area contributed by atoms with Crippen molar-refractivity contribution < 1.29 is 32.2 Å². The molecule has 2 aromatic heterocycles. The van der Waals surface area contributed by atoms with Gasteiger partial charge in [0.1, 0.15) is 11.4 Å². The number of Topliss-reactive ketones (excluding diaryl/α,β-unsaturated/α-hetero) is 1. The first-order valence-electron chi connectivity index (χ1n) is 9.44. The first kappa shape index (κ1) is 24.3. The van der Waals surface area contributed by atoms with Gasteiger partial charge in [-0.25, -0.2) is 14.3 Å². The average molecular weight is 481 g/mol. The zero-order valence-corrected chi connectivity index (χ0v) is 18.0. The lowest BCUT2D eigenvalue weighted by Crippen LogP contribution is -2.42. The minimum absolute atomic E-state index is 0.00951. The number of carbonyl (C=O) groups excluding carboxylic acids is 2. The van der Waals surface area contributed by atoms with Gasteiger partial charge in [0.2, 0.25) is 11.5 Å². The Balaban J connectivity index is 1.86. The lowest BCUT2D eigenvalue weighted by Gasteiger charge is -2.10. The summed E-state index contributed by atoms with van der Waals surface area (Å²) in [5.41, 5.74) is 2.09. The Morgan fingerprint density at radius 1 is 1.15 bits per heavy atom. The Hall–Kier alpha value is -4.36. The highest BCUT2D eigenvalue weighted by Crippen LogP contribution is 2.30. The van der Waals surface area contributed by atoms with Crippen LogP contribution in [-0.4, -0.2) is 44.4 Å². The van der Waals surface area contributed by atoms with Gasteiger partial charge in [-0.1, -0.05) is 6.07 Å². The summed E-state index contributed by atoms with van der Waals surface area (Å²) in [6, 6.07) is 4.20. The monoisotopic (exact) mass is 481 g/mol. The number of nitrogens with two attached hydrogens (primary N) is 1. The van der Waals surface area contributed by atoms with E-state index in [2.05, 4.69) is 5.10 Å². The highest BCUT2D eigenvalue weighted by Gasteiger charge is 2.31. The number of esters is 1. The van der Waals surface area contributed by atoms with Gasteiger partial charge in [-0.15, -0.1) is 0 Å². The van der Waals surface area contributed by atoms with Crippen LogP contribution in [0, 0.1) is 0 Å². The maximum Gasteiger partial charge on any atom is 0.416 e. The van der Waals surface area contributed by atoms with E-state index in [0.717, 1.165) is 34.6 Å². The van der Waals surface area contributed by atoms with Gasteiger partial charge in [0.15, 0.2) is 12.4 Å². The third-order valence-electron chi connectivity index (χ3n) is 4.86. The molecule has 0 saturated carbocycles. The van der Waals surface area contributed by atoms with Crippen molar-refractivity contribution in [1.29, 1.82) is 0 Å². The summed E-state index contributed by atoms with van der Waals surface area (Å²) >= 11 is 0. The number of halogens is 3. The normalized spacial score (nSPS) is 11.4. The van der Waals surface area contributed by atoms with E-state index in [9.17, 15) is 32.3 Å². The van der Waals surface area contributed by atoms with E-state index in [1.807, 2.05) is 0 Å². The quantitative estimate of drug-likeness (QED) is 0.405. The van der Waals surface area contributed by atoms with Gasteiger partial charge in [-0.2, -0.15) is 18.3 Å². The largest absolute Gasteiger partial charge is 0.493 e. The fourth-order valence-corrected chi connectivity index (χ4v) is 3.00. The first-order chi connectivity index (χ1) is 15.9. The fourth-order valence-electron chi connectivity index (χ4n) is 3.00. The molecule has 0 radical (unpaired) electrons. The molecule has 1 aromatic carbocycles. The molecular formula is C20H18F3N5O6. The van der Waals surface area contributed by atoms with Crippen molar-refractivity contribution in [1.82, 2.24) is 18.9 Å². The number of aromatic nitrogens is 4. The van der Waals surface area contributed by atoms with Crippen molar-refractivity contribution in [3.05, 3.63) is 68.1 Å². The van der Waals surface area contributed by atoms with Crippen LogP contribution in [0.1, 0.15) is 26.4 Å². The molecule has 14 heteroatoms. The van der Waals surface area contributed by atoms with Gasteiger partial charge in [-0.05, 0) is 18.2 Å². The van der Waals surface area contributed by atoms with E-state index < -0.39 is 58.4 Å². The molecule has 180 valence electrons. The van der Waals surface area contributed by atoms with Gasteiger partial charge in [0.05, 0.1) is 24.6 Å². The van der Waals surface area contributed by atoms with E-state index in [0.29, 0.717) is 4.57 Å². The van der Waals surface area contributed by atoms with E-state index in [1.54, 1.807) is 0 Å². The van der Waals surface area contributed by atoms with Crippen LogP contribution >= 0.6 is 0 Å². The van der Waals surface area contributed by atoms with Crippen LogP contribution < -0.4 is 21.7 Å². The smallest absolute Gasteiger partial charge is 0.416 e. The van der Waals surface area contributed by atoms with Gasteiger partial charge in [0, 0.05) is 14.1 Å². The Bertz CT molecular complexity index is 1400. The molecule has 34 heavy (non-hydrogen) atoms. The minimum atomic E-state index is -4.59. The second-order valence-electron chi connectivity index (χ2n) is 7.00. The van der Waals surface area contributed by atoms with E-state index in [4.69, 9.17) is 15.2 Å². The predicted molar refractivity (Wildman–Crippen MR) is 111 cm³/mol. The Morgan fingerprint density at radius 2 is 1.82 bits per heavy atom. The number of carbonyl (C=O) groups is 2. The molecule has 2 heterocycles.